The summed E-state index contributed by atoms with van der Waals surface area (Å²) in [4.78, 5) is 12.7. The van der Waals surface area contributed by atoms with Gasteiger partial charge in [-0.2, -0.15) is 4.80 Å². The van der Waals surface area contributed by atoms with Gasteiger partial charge in [0.15, 0.2) is 0 Å². The summed E-state index contributed by atoms with van der Waals surface area (Å²) in [5, 5.41) is 12.2. The first kappa shape index (κ1) is 13.0. The van der Waals surface area contributed by atoms with E-state index in [1.54, 1.807) is 12.1 Å². The Hall–Kier alpha value is -2.96. The van der Waals surface area contributed by atoms with Crippen LogP contribution >= 0.6 is 0 Å². The van der Waals surface area contributed by atoms with Crippen LogP contribution in [0, 0.1) is 0 Å². The van der Waals surface area contributed by atoms with Crippen molar-refractivity contribution in [2.75, 3.05) is 7.11 Å². The third-order valence-corrected chi connectivity index (χ3v) is 2.83. The molecular formula is C14H12N4O3. The average Bonchev–Trinajstić information content (AvgIpc) is 3.17. The van der Waals surface area contributed by atoms with E-state index in [0.717, 1.165) is 5.56 Å². The van der Waals surface area contributed by atoms with Gasteiger partial charge in [0.1, 0.15) is 12.3 Å². The zero-order valence-corrected chi connectivity index (χ0v) is 11.3. The maximum absolute atomic E-state index is 11.3. The van der Waals surface area contributed by atoms with Crippen LogP contribution < -0.4 is 0 Å². The minimum absolute atomic E-state index is 0.149. The first-order chi connectivity index (χ1) is 10.3. The highest BCUT2D eigenvalue weighted by Crippen LogP contribution is 2.13. The lowest BCUT2D eigenvalue weighted by molar-refractivity contribution is 0.0562. The second kappa shape index (κ2) is 5.58. The van der Waals surface area contributed by atoms with Crippen molar-refractivity contribution >= 4 is 5.97 Å². The van der Waals surface area contributed by atoms with Gasteiger partial charge in [-0.3, -0.25) is 0 Å². The number of methoxy groups -OCH3 is 1. The molecule has 106 valence electrons. The molecule has 3 rings (SSSR count). The summed E-state index contributed by atoms with van der Waals surface area (Å²) in [5.41, 5.74) is 0.887. The fourth-order valence-corrected chi connectivity index (χ4v) is 1.83. The van der Waals surface area contributed by atoms with Gasteiger partial charge in [0.25, 0.3) is 0 Å². The molecule has 0 bridgehead atoms. The second-order valence-electron chi connectivity index (χ2n) is 4.27. The van der Waals surface area contributed by atoms with E-state index < -0.39 is 5.97 Å². The van der Waals surface area contributed by atoms with Gasteiger partial charge in [-0.25, -0.2) is 4.79 Å². The highest BCUT2D eigenvalue weighted by atomic mass is 16.5. The monoisotopic (exact) mass is 284 g/mol. The first-order valence-corrected chi connectivity index (χ1v) is 6.26. The van der Waals surface area contributed by atoms with Crippen molar-refractivity contribution < 1.29 is 13.9 Å². The van der Waals surface area contributed by atoms with E-state index in [4.69, 9.17) is 4.42 Å². The number of ether oxygens (including phenoxy) is 1. The molecule has 21 heavy (non-hydrogen) atoms. The van der Waals surface area contributed by atoms with Crippen molar-refractivity contribution in [2.45, 2.75) is 6.54 Å². The minimum Gasteiger partial charge on any atom is -0.463 e. The highest BCUT2D eigenvalue weighted by molar-refractivity contribution is 5.86. The highest BCUT2D eigenvalue weighted by Gasteiger charge is 2.12. The largest absolute Gasteiger partial charge is 0.463 e. The predicted octanol–water partition coefficient (Wildman–Crippen LogP) is 1.77. The van der Waals surface area contributed by atoms with Crippen molar-refractivity contribution in [1.29, 1.82) is 0 Å². The molecule has 0 unspecified atom stereocenters. The lowest BCUT2D eigenvalue weighted by Gasteiger charge is -1.96. The summed E-state index contributed by atoms with van der Waals surface area (Å²) in [6.45, 7) is 0.289. The summed E-state index contributed by atoms with van der Waals surface area (Å²) < 4.78 is 9.93. The molecule has 0 spiro atoms. The normalized spacial score (nSPS) is 10.5. The van der Waals surface area contributed by atoms with Crippen LogP contribution in [-0.4, -0.2) is 33.3 Å². The maximum atomic E-state index is 11.3. The topological polar surface area (TPSA) is 83.0 Å². The molecule has 0 fully saturated rings. The number of hydrogen-bond acceptors (Lipinski definition) is 6. The molecule has 3 aromatic rings. The van der Waals surface area contributed by atoms with E-state index in [0.29, 0.717) is 11.6 Å². The average molecular weight is 284 g/mol. The summed E-state index contributed by atoms with van der Waals surface area (Å²) in [5.74, 6) is 0.719. The first-order valence-electron chi connectivity index (χ1n) is 6.26. The summed E-state index contributed by atoms with van der Waals surface area (Å²) >= 11 is 0. The molecule has 0 amide bonds. The van der Waals surface area contributed by atoms with Gasteiger partial charge in [-0.1, -0.05) is 30.3 Å². The number of nitrogens with zero attached hydrogens (tertiary/aromatic N) is 4. The number of aromatic nitrogens is 4. The Morgan fingerprint density at radius 3 is 2.81 bits per heavy atom. The van der Waals surface area contributed by atoms with E-state index in [-0.39, 0.29) is 12.3 Å². The third-order valence-electron chi connectivity index (χ3n) is 2.83. The van der Waals surface area contributed by atoms with Gasteiger partial charge in [0, 0.05) is 5.56 Å². The number of esters is 1. The molecule has 2 aromatic heterocycles. The number of carbonyl (C=O) groups is 1. The van der Waals surface area contributed by atoms with Crippen LogP contribution in [0.2, 0.25) is 0 Å². The molecule has 0 saturated heterocycles. The van der Waals surface area contributed by atoms with Gasteiger partial charge in [-0.15, -0.1) is 10.2 Å². The van der Waals surface area contributed by atoms with Crippen LogP contribution in [0.15, 0.2) is 46.9 Å². The SMILES string of the molecule is COC(=O)c1ccc(Cn2nnc(-c3ccccc3)n2)o1. The van der Waals surface area contributed by atoms with Crippen LogP contribution in [-0.2, 0) is 11.3 Å². The Morgan fingerprint density at radius 1 is 1.24 bits per heavy atom. The molecule has 2 heterocycles. The molecule has 0 aliphatic carbocycles. The van der Waals surface area contributed by atoms with Crippen molar-refractivity contribution in [1.82, 2.24) is 20.2 Å². The lowest BCUT2D eigenvalue weighted by Crippen LogP contribution is -2.03. The van der Waals surface area contributed by atoms with Gasteiger partial charge in [0.05, 0.1) is 7.11 Å². The lowest BCUT2D eigenvalue weighted by atomic mass is 10.2. The van der Waals surface area contributed by atoms with Gasteiger partial charge in [0.2, 0.25) is 11.6 Å². The summed E-state index contributed by atoms with van der Waals surface area (Å²) in [6.07, 6.45) is 0. The summed E-state index contributed by atoms with van der Waals surface area (Å²) in [6, 6.07) is 12.8. The molecular weight excluding hydrogens is 272 g/mol. The van der Waals surface area contributed by atoms with Crippen LogP contribution in [0.4, 0.5) is 0 Å². The second-order valence-corrected chi connectivity index (χ2v) is 4.27. The molecule has 0 aliphatic heterocycles. The predicted molar refractivity (Wildman–Crippen MR) is 72.4 cm³/mol. The number of benzene rings is 1. The van der Waals surface area contributed by atoms with Crippen LogP contribution in [0.1, 0.15) is 16.3 Å². The molecule has 1 aromatic carbocycles. The fraction of sp³-hybridized carbons (Fsp3) is 0.143. The molecule has 0 saturated carbocycles. The Bertz CT molecular complexity index is 748. The standard InChI is InChI=1S/C14H12N4O3/c1-20-14(19)12-8-7-11(21-12)9-18-16-13(15-17-18)10-5-3-2-4-6-10/h2-8H,9H2,1H3. The molecule has 7 heteroatoms. The molecule has 7 nitrogen and oxygen atoms in total. The van der Waals surface area contributed by atoms with Crippen molar-refractivity contribution in [3.05, 3.63) is 54.0 Å². The Labute approximate surface area is 120 Å². The van der Waals surface area contributed by atoms with Gasteiger partial charge in [-0.05, 0) is 17.3 Å². The molecule has 0 atom stereocenters. The molecule has 0 aliphatic rings. The van der Waals surface area contributed by atoms with E-state index in [1.165, 1.54) is 11.9 Å². The number of rotatable bonds is 4. The van der Waals surface area contributed by atoms with Crippen molar-refractivity contribution in [2.24, 2.45) is 0 Å². The minimum atomic E-state index is -0.516. The van der Waals surface area contributed by atoms with E-state index in [2.05, 4.69) is 20.1 Å². The van der Waals surface area contributed by atoms with E-state index >= 15 is 0 Å². The van der Waals surface area contributed by atoms with Gasteiger partial charge < -0.3 is 9.15 Å². The van der Waals surface area contributed by atoms with Gasteiger partial charge >= 0.3 is 5.97 Å². The third kappa shape index (κ3) is 2.81. The Balaban J connectivity index is 1.76. The van der Waals surface area contributed by atoms with Crippen molar-refractivity contribution in [3.8, 4) is 11.4 Å². The number of hydrogen-bond donors (Lipinski definition) is 0. The van der Waals surface area contributed by atoms with E-state index in [1.807, 2.05) is 30.3 Å². The smallest absolute Gasteiger partial charge is 0.373 e. The maximum Gasteiger partial charge on any atom is 0.373 e. The number of furan rings is 1. The number of carbonyl (C=O) groups excluding carboxylic acids is 1. The van der Waals surface area contributed by atoms with Crippen molar-refractivity contribution in [3.63, 3.8) is 0 Å². The fourth-order valence-electron chi connectivity index (χ4n) is 1.83. The zero-order chi connectivity index (χ0) is 14.7. The molecule has 0 radical (unpaired) electrons. The quantitative estimate of drug-likeness (QED) is 0.679. The Kier molecular flexibility index (Phi) is 3.46. The van der Waals surface area contributed by atoms with Crippen LogP contribution in [0.25, 0.3) is 11.4 Å². The van der Waals surface area contributed by atoms with Crippen LogP contribution in [0.3, 0.4) is 0 Å². The molecule has 0 N–H and O–H groups in total. The van der Waals surface area contributed by atoms with E-state index in [9.17, 15) is 4.79 Å². The summed E-state index contributed by atoms with van der Waals surface area (Å²) in [7, 11) is 1.30. The zero-order valence-electron chi connectivity index (χ0n) is 11.3. The van der Waals surface area contributed by atoms with Crippen LogP contribution in [0.5, 0.6) is 0 Å². The Morgan fingerprint density at radius 2 is 2.05 bits per heavy atom. The number of tetrazole rings is 1.